The molecule has 0 saturated carbocycles. The van der Waals surface area contributed by atoms with Crippen molar-refractivity contribution in [3.63, 3.8) is 0 Å². The molecule has 1 aliphatic carbocycles. The Hall–Kier alpha value is -1.64. The van der Waals surface area contributed by atoms with Gasteiger partial charge >= 0.3 is 0 Å². The van der Waals surface area contributed by atoms with Crippen molar-refractivity contribution in [3.8, 4) is 0 Å². The van der Waals surface area contributed by atoms with Crippen LogP contribution in [0.3, 0.4) is 0 Å². The first-order valence-electron chi connectivity index (χ1n) is 5.98. The summed E-state index contributed by atoms with van der Waals surface area (Å²) in [5.41, 5.74) is 4.54. The van der Waals surface area contributed by atoms with Gasteiger partial charge in [-0.2, -0.15) is 0 Å². The smallest absolute Gasteiger partial charge is 0.123 e. The highest BCUT2D eigenvalue weighted by molar-refractivity contribution is 5.41. The minimum absolute atomic E-state index is 0.157. The minimum Gasteiger partial charge on any atom is -0.345 e. The fraction of sp³-hybridized carbons (Fsp3) is 0.357. The van der Waals surface area contributed by atoms with Crippen molar-refractivity contribution in [1.29, 1.82) is 0 Å². The van der Waals surface area contributed by atoms with Crippen molar-refractivity contribution in [1.82, 2.24) is 9.97 Å². The van der Waals surface area contributed by atoms with Crippen LogP contribution in [-0.2, 0) is 12.8 Å². The van der Waals surface area contributed by atoms with Crippen LogP contribution in [0.5, 0.6) is 0 Å². The normalized spacial score (nSPS) is 13.6. The van der Waals surface area contributed by atoms with Crippen LogP contribution in [0.25, 0.3) is 0 Å². The number of nitrogens with one attached hydrogen (secondary N) is 1. The average Bonchev–Trinajstić information content (AvgIpc) is 2.68. The van der Waals surface area contributed by atoms with E-state index in [4.69, 9.17) is 0 Å². The van der Waals surface area contributed by atoms with Gasteiger partial charge in [-0.25, -0.2) is 9.37 Å². The molecule has 1 aromatic carbocycles. The third-order valence-electron chi connectivity index (χ3n) is 3.32. The summed E-state index contributed by atoms with van der Waals surface area (Å²) >= 11 is 0. The molecule has 3 heteroatoms. The molecule has 0 radical (unpaired) electrons. The van der Waals surface area contributed by atoms with Crippen molar-refractivity contribution in [3.05, 3.63) is 52.4 Å². The number of nitrogens with zero attached hydrogens (tertiary/aromatic N) is 1. The summed E-state index contributed by atoms with van der Waals surface area (Å²) in [6.45, 7) is 4.24. The number of benzene rings is 1. The summed E-state index contributed by atoms with van der Waals surface area (Å²) in [5, 5.41) is 0. The summed E-state index contributed by atoms with van der Waals surface area (Å²) in [6, 6.07) is 5.03. The second-order valence-corrected chi connectivity index (χ2v) is 4.97. The molecule has 17 heavy (non-hydrogen) atoms. The predicted octanol–water partition coefficient (Wildman–Crippen LogP) is 3.17. The van der Waals surface area contributed by atoms with Crippen LogP contribution in [0.1, 0.15) is 48.1 Å². The first-order chi connectivity index (χ1) is 8.13. The summed E-state index contributed by atoms with van der Waals surface area (Å²) in [4.78, 5) is 7.98. The van der Waals surface area contributed by atoms with E-state index >= 15 is 0 Å². The lowest BCUT2D eigenvalue weighted by atomic mass is 9.92. The van der Waals surface area contributed by atoms with Crippen LogP contribution in [0.2, 0.25) is 0 Å². The van der Waals surface area contributed by atoms with Gasteiger partial charge in [0.15, 0.2) is 0 Å². The number of aromatic amines is 1. The number of H-pyrrole nitrogens is 1. The summed E-state index contributed by atoms with van der Waals surface area (Å²) < 4.78 is 13.2. The van der Waals surface area contributed by atoms with Gasteiger partial charge in [0.2, 0.25) is 0 Å². The molecular weight excluding hydrogens is 215 g/mol. The largest absolute Gasteiger partial charge is 0.345 e. The second-order valence-electron chi connectivity index (χ2n) is 4.97. The molecule has 1 aliphatic rings. The molecule has 1 aromatic heterocycles. The summed E-state index contributed by atoms with van der Waals surface area (Å²) in [7, 11) is 0. The highest BCUT2D eigenvalue weighted by atomic mass is 19.1. The second kappa shape index (κ2) is 3.69. The number of hydrogen-bond acceptors (Lipinski definition) is 1. The quantitative estimate of drug-likeness (QED) is 0.683. The molecule has 88 valence electrons. The monoisotopic (exact) mass is 230 g/mol. The van der Waals surface area contributed by atoms with Gasteiger partial charge in [-0.15, -0.1) is 0 Å². The fourth-order valence-corrected chi connectivity index (χ4v) is 2.34. The van der Waals surface area contributed by atoms with Crippen LogP contribution in [0.15, 0.2) is 18.2 Å². The molecule has 1 heterocycles. The molecule has 0 amide bonds. The Morgan fingerprint density at radius 2 is 2.06 bits per heavy atom. The van der Waals surface area contributed by atoms with Gasteiger partial charge in [0.25, 0.3) is 0 Å². The number of hydrogen-bond donors (Lipinski definition) is 1. The van der Waals surface area contributed by atoms with Crippen molar-refractivity contribution in [2.24, 2.45) is 0 Å². The molecule has 0 spiro atoms. The Bertz CT molecular complexity index is 570. The molecule has 0 fully saturated rings. The molecule has 0 saturated heterocycles. The van der Waals surface area contributed by atoms with E-state index in [1.807, 2.05) is 6.07 Å². The highest BCUT2D eigenvalue weighted by Crippen LogP contribution is 2.27. The lowest BCUT2D eigenvalue weighted by molar-refractivity contribution is 0.624. The Kier molecular flexibility index (Phi) is 2.28. The molecular formula is C14H15FN2. The van der Waals surface area contributed by atoms with Crippen molar-refractivity contribution < 1.29 is 4.39 Å². The zero-order chi connectivity index (χ0) is 12.0. The van der Waals surface area contributed by atoms with E-state index in [-0.39, 0.29) is 5.82 Å². The third-order valence-corrected chi connectivity index (χ3v) is 3.32. The average molecular weight is 230 g/mol. The fourth-order valence-electron chi connectivity index (χ4n) is 2.34. The SMILES string of the molecule is CC(C)c1nc2c([nH]1)Cc1cc(F)ccc1C2. The van der Waals surface area contributed by atoms with Gasteiger partial charge < -0.3 is 4.98 Å². The van der Waals surface area contributed by atoms with Crippen LogP contribution in [0, 0.1) is 5.82 Å². The standard InChI is InChI=1S/C14H15FN2/c1-8(2)14-16-12-6-9-3-4-11(15)5-10(9)7-13(12)17-14/h3-5,8H,6-7H2,1-2H3,(H,16,17). The molecule has 2 nitrogen and oxygen atoms in total. The van der Waals surface area contributed by atoms with Crippen LogP contribution >= 0.6 is 0 Å². The number of imidazole rings is 1. The van der Waals surface area contributed by atoms with E-state index in [9.17, 15) is 4.39 Å². The van der Waals surface area contributed by atoms with Gasteiger partial charge in [-0.3, -0.25) is 0 Å². The first kappa shape index (κ1) is 10.5. The topological polar surface area (TPSA) is 28.7 Å². The maximum absolute atomic E-state index is 13.2. The Balaban J connectivity index is 2.02. The van der Waals surface area contributed by atoms with Crippen LogP contribution in [-0.4, -0.2) is 9.97 Å². The Morgan fingerprint density at radius 1 is 1.24 bits per heavy atom. The first-order valence-corrected chi connectivity index (χ1v) is 5.98. The van der Waals surface area contributed by atoms with Gasteiger partial charge in [-0.1, -0.05) is 19.9 Å². The van der Waals surface area contributed by atoms with Crippen molar-refractivity contribution >= 4 is 0 Å². The van der Waals surface area contributed by atoms with E-state index in [0.29, 0.717) is 5.92 Å². The van der Waals surface area contributed by atoms with Crippen LogP contribution < -0.4 is 0 Å². The van der Waals surface area contributed by atoms with Gasteiger partial charge in [0, 0.05) is 24.5 Å². The highest BCUT2D eigenvalue weighted by Gasteiger charge is 2.20. The maximum Gasteiger partial charge on any atom is 0.123 e. The Labute approximate surface area is 99.9 Å². The molecule has 0 unspecified atom stereocenters. The predicted molar refractivity (Wildman–Crippen MR) is 64.7 cm³/mol. The Morgan fingerprint density at radius 3 is 2.82 bits per heavy atom. The van der Waals surface area contributed by atoms with E-state index in [2.05, 4.69) is 23.8 Å². The van der Waals surface area contributed by atoms with Gasteiger partial charge in [0.05, 0.1) is 5.69 Å². The third kappa shape index (κ3) is 1.75. The summed E-state index contributed by atoms with van der Waals surface area (Å²) in [6.07, 6.45) is 1.58. The number of aromatic nitrogens is 2. The van der Waals surface area contributed by atoms with E-state index in [1.54, 1.807) is 6.07 Å². The minimum atomic E-state index is -0.157. The summed E-state index contributed by atoms with van der Waals surface area (Å²) in [5.74, 6) is 1.28. The maximum atomic E-state index is 13.2. The van der Waals surface area contributed by atoms with Gasteiger partial charge in [-0.05, 0) is 23.3 Å². The van der Waals surface area contributed by atoms with E-state index in [1.165, 1.54) is 11.6 Å². The zero-order valence-electron chi connectivity index (χ0n) is 10.0. The van der Waals surface area contributed by atoms with E-state index < -0.39 is 0 Å². The molecule has 3 rings (SSSR count). The molecule has 1 N–H and O–H groups in total. The molecule has 0 bridgehead atoms. The van der Waals surface area contributed by atoms with Crippen LogP contribution in [0.4, 0.5) is 4.39 Å². The lowest BCUT2D eigenvalue weighted by Crippen LogP contribution is -2.07. The van der Waals surface area contributed by atoms with Crippen molar-refractivity contribution in [2.75, 3.05) is 0 Å². The molecule has 0 atom stereocenters. The zero-order valence-corrected chi connectivity index (χ0v) is 10.0. The number of halogens is 1. The number of fused-ring (bicyclic) bond motifs is 2. The van der Waals surface area contributed by atoms with E-state index in [0.717, 1.165) is 35.6 Å². The van der Waals surface area contributed by atoms with Crippen molar-refractivity contribution in [2.45, 2.75) is 32.6 Å². The molecule has 2 aromatic rings. The number of rotatable bonds is 1. The molecule has 0 aliphatic heterocycles. The van der Waals surface area contributed by atoms with Gasteiger partial charge in [0.1, 0.15) is 11.6 Å². The lowest BCUT2D eigenvalue weighted by Gasteiger charge is -2.14.